The van der Waals surface area contributed by atoms with Crippen LogP contribution < -0.4 is 5.73 Å². The molecule has 0 spiro atoms. The van der Waals surface area contributed by atoms with E-state index < -0.39 is 12.0 Å². The molecule has 5 heteroatoms. The first-order valence-corrected chi connectivity index (χ1v) is 4.25. The van der Waals surface area contributed by atoms with Crippen molar-refractivity contribution in [1.82, 2.24) is 0 Å². The summed E-state index contributed by atoms with van der Waals surface area (Å²) in [4.78, 5) is 10.9. The minimum absolute atomic E-state index is 0. The molecule has 1 atom stereocenters. The van der Waals surface area contributed by atoms with Gasteiger partial charge in [0.05, 0.1) is 6.61 Å². The summed E-state index contributed by atoms with van der Waals surface area (Å²) >= 11 is 0. The zero-order chi connectivity index (χ0) is 9.40. The normalized spacial score (nSPS) is 11.6. The second kappa shape index (κ2) is 9.77. The van der Waals surface area contributed by atoms with Crippen LogP contribution in [0.15, 0.2) is 0 Å². The van der Waals surface area contributed by atoms with E-state index in [0.29, 0.717) is 6.61 Å². The summed E-state index contributed by atoms with van der Waals surface area (Å²) in [5.41, 5.74) is 5.38. The Kier molecular flexibility index (Phi) is 11.4. The van der Waals surface area contributed by atoms with E-state index in [4.69, 9.17) is 15.6 Å². The molecule has 4 nitrogen and oxygen atoms in total. The Balaban J connectivity index is 0. The second-order valence-corrected chi connectivity index (χ2v) is 2.64. The number of hydrogen-bond donors (Lipinski definition) is 2. The van der Waals surface area contributed by atoms with Gasteiger partial charge in [0.25, 0.3) is 0 Å². The van der Waals surface area contributed by atoms with E-state index in [1.165, 1.54) is 0 Å². The minimum atomic E-state index is -0.674. The molecule has 0 fully saturated rings. The molecule has 0 aromatic carbocycles. The molecule has 80 valence electrons. The number of nitrogens with two attached hydrogens (primary N) is 1. The Bertz CT molecular complexity index is 133. The molecule has 13 heavy (non-hydrogen) atoms. The molecule has 0 radical (unpaired) electrons. The van der Waals surface area contributed by atoms with Gasteiger partial charge < -0.3 is 15.6 Å². The van der Waals surface area contributed by atoms with Crippen LogP contribution in [0, 0.1) is 0 Å². The Morgan fingerprint density at radius 3 is 2.69 bits per heavy atom. The molecule has 0 amide bonds. The third kappa shape index (κ3) is 8.02. The molecule has 3 N–H and O–H groups in total. The molecule has 0 aliphatic heterocycles. The van der Waals surface area contributed by atoms with Gasteiger partial charge in [-0.3, -0.25) is 4.79 Å². The summed E-state index contributed by atoms with van der Waals surface area (Å²) in [5, 5.41) is 8.47. The van der Waals surface area contributed by atoms with Crippen LogP contribution in [-0.4, -0.2) is 30.3 Å². The van der Waals surface area contributed by atoms with Crippen molar-refractivity contribution < 1.29 is 14.6 Å². The van der Waals surface area contributed by atoms with Crippen molar-refractivity contribution in [1.29, 1.82) is 0 Å². The van der Waals surface area contributed by atoms with Gasteiger partial charge in [0.2, 0.25) is 0 Å². The Labute approximate surface area is 84.9 Å². The maximum absolute atomic E-state index is 10.9. The van der Waals surface area contributed by atoms with E-state index >= 15 is 0 Å². The number of ether oxygens (including phenoxy) is 1. The highest BCUT2D eigenvalue weighted by Crippen LogP contribution is 1.94. The molecule has 0 unspecified atom stereocenters. The number of carbonyl (C=O) groups is 1. The lowest BCUT2D eigenvalue weighted by molar-refractivity contribution is -0.145. The van der Waals surface area contributed by atoms with Gasteiger partial charge in [-0.15, -0.1) is 12.4 Å². The number of aliphatic hydroxyl groups excluding tert-OH is 1. The van der Waals surface area contributed by atoms with Crippen molar-refractivity contribution in [2.24, 2.45) is 5.73 Å². The summed E-state index contributed by atoms with van der Waals surface area (Å²) < 4.78 is 4.82. The summed E-state index contributed by atoms with van der Waals surface area (Å²) in [6, 6.07) is -0.674. The Morgan fingerprint density at radius 1 is 1.62 bits per heavy atom. The molecule has 0 aromatic rings. The first kappa shape index (κ1) is 15.2. The molecule has 0 heterocycles. The van der Waals surface area contributed by atoms with Gasteiger partial charge in [-0.05, 0) is 12.8 Å². The summed E-state index contributed by atoms with van der Waals surface area (Å²) in [6.07, 6.45) is 2.12. The van der Waals surface area contributed by atoms with Crippen molar-refractivity contribution in [3.8, 4) is 0 Å². The molecule has 0 rings (SSSR count). The van der Waals surface area contributed by atoms with E-state index in [9.17, 15) is 4.79 Å². The highest BCUT2D eigenvalue weighted by molar-refractivity contribution is 5.85. The fraction of sp³-hybridized carbons (Fsp3) is 0.875. The van der Waals surface area contributed by atoms with E-state index in [-0.39, 0.29) is 25.4 Å². The lowest BCUT2D eigenvalue weighted by Crippen LogP contribution is -2.33. The zero-order valence-electron chi connectivity index (χ0n) is 7.86. The second-order valence-electron chi connectivity index (χ2n) is 2.64. The third-order valence-electron chi connectivity index (χ3n) is 1.49. The van der Waals surface area contributed by atoms with Crippen LogP contribution in [0.1, 0.15) is 26.2 Å². The van der Waals surface area contributed by atoms with Crippen LogP contribution in [0.4, 0.5) is 0 Å². The largest absolute Gasteiger partial charge is 0.465 e. The van der Waals surface area contributed by atoms with E-state index in [2.05, 4.69) is 0 Å². The average Bonchev–Trinajstić information content (AvgIpc) is 2.05. The van der Waals surface area contributed by atoms with Gasteiger partial charge in [0.1, 0.15) is 6.04 Å². The number of esters is 1. The summed E-state index contributed by atoms with van der Waals surface area (Å²) in [5.74, 6) is -0.419. The van der Waals surface area contributed by atoms with Crippen molar-refractivity contribution in [2.75, 3.05) is 13.2 Å². The molecular formula is C8H18ClNO3. The predicted molar refractivity (Wildman–Crippen MR) is 52.8 cm³/mol. The quantitative estimate of drug-likeness (QED) is 0.495. The summed E-state index contributed by atoms with van der Waals surface area (Å²) in [7, 11) is 0. The maximum Gasteiger partial charge on any atom is 0.322 e. The van der Waals surface area contributed by atoms with Gasteiger partial charge in [0, 0.05) is 6.61 Å². The highest BCUT2D eigenvalue weighted by Gasteiger charge is 2.13. The van der Waals surface area contributed by atoms with Gasteiger partial charge >= 0.3 is 5.97 Å². The van der Waals surface area contributed by atoms with Crippen molar-refractivity contribution in [3.05, 3.63) is 0 Å². The monoisotopic (exact) mass is 211 g/mol. The topological polar surface area (TPSA) is 72.5 Å². The van der Waals surface area contributed by atoms with Gasteiger partial charge in [-0.2, -0.15) is 0 Å². The fourth-order valence-electron chi connectivity index (χ4n) is 0.681. The lowest BCUT2D eigenvalue weighted by Gasteiger charge is -2.09. The first-order chi connectivity index (χ1) is 5.72. The molecular weight excluding hydrogens is 194 g/mol. The standard InChI is InChI=1S/C8H17NO3.ClH/c1-2-3-6-12-8(11)7(9)4-5-10;/h7,10H,2-6,9H2,1H3;1H/t7-;/m0./s1. The molecule has 0 aliphatic carbocycles. The van der Waals surface area contributed by atoms with Crippen molar-refractivity contribution in [3.63, 3.8) is 0 Å². The van der Waals surface area contributed by atoms with Crippen LogP contribution in [0.2, 0.25) is 0 Å². The van der Waals surface area contributed by atoms with E-state index in [0.717, 1.165) is 12.8 Å². The highest BCUT2D eigenvalue weighted by atomic mass is 35.5. The van der Waals surface area contributed by atoms with Crippen LogP contribution in [0.25, 0.3) is 0 Å². The van der Waals surface area contributed by atoms with Crippen LogP contribution in [0.3, 0.4) is 0 Å². The number of halogens is 1. The maximum atomic E-state index is 10.9. The molecule has 0 bridgehead atoms. The summed E-state index contributed by atoms with van der Waals surface area (Å²) in [6.45, 7) is 2.36. The molecule has 0 saturated carbocycles. The third-order valence-corrected chi connectivity index (χ3v) is 1.49. The van der Waals surface area contributed by atoms with Crippen LogP contribution >= 0.6 is 12.4 Å². The van der Waals surface area contributed by atoms with Crippen LogP contribution in [0.5, 0.6) is 0 Å². The number of aliphatic hydroxyl groups is 1. The fourth-order valence-corrected chi connectivity index (χ4v) is 0.681. The van der Waals surface area contributed by atoms with Gasteiger partial charge in [-0.1, -0.05) is 13.3 Å². The Hall–Kier alpha value is -0.320. The van der Waals surface area contributed by atoms with Crippen LogP contribution in [-0.2, 0) is 9.53 Å². The zero-order valence-corrected chi connectivity index (χ0v) is 8.68. The average molecular weight is 212 g/mol. The molecule has 0 aliphatic rings. The van der Waals surface area contributed by atoms with Gasteiger partial charge in [0.15, 0.2) is 0 Å². The smallest absolute Gasteiger partial charge is 0.322 e. The number of hydrogen-bond acceptors (Lipinski definition) is 4. The number of rotatable bonds is 6. The number of carbonyl (C=O) groups excluding carboxylic acids is 1. The van der Waals surface area contributed by atoms with Crippen molar-refractivity contribution >= 4 is 18.4 Å². The number of unbranched alkanes of at least 4 members (excludes halogenated alkanes) is 1. The van der Waals surface area contributed by atoms with Crippen molar-refractivity contribution in [2.45, 2.75) is 32.2 Å². The first-order valence-electron chi connectivity index (χ1n) is 4.25. The molecule has 0 saturated heterocycles. The van der Waals surface area contributed by atoms with E-state index in [1.807, 2.05) is 6.92 Å². The Morgan fingerprint density at radius 2 is 2.23 bits per heavy atom. The van der Waals surface area contributed by atoms with Gasteiger partial charge in [-0.25, -0.2) is 0 Å². The lowest BCUT2D eigenvalue weighted by atomic mass is 10.2. The molecule has 0 aromatic heterocycles. The predicted octanol–water partition coefficient (Wildman–Crippen LogP) is 0.461. The minimum Gasteiger partial charge on any atom is -0.465 e. The van der Waals surface area contributed by atoms with E-state index in [1.54, 1.807) is 0 Å². The SMILES string of the molecule is CCCCOC(=O)[C@@H](N)CCO.Cl.